The van der Waals surface area contributed by atoms with Crippen molar-refractivity contribution in [3.63, 3.8) is 0 Å². The van der Waals surface area contributed by atoms with Crippen molar-refractivity contribution in [2.24, 2.45) is 34.0 Å². The Kier molecular flexibility index (Phi) is 3.48. The molecule has 0 aliphatic heterocycles. The molecule has 2 heteroatoms. The van der Waals surface area contributed by atoms with Gasteiger partial charge >= 0.3 is 0 Å². The van der Waals surface area contributed by atoms with Gasteiger partial charge in [-0.25, -0.2) is 0 Å². The largest absolute Gasteiger partial charge is 0.300 e. The van der Waals surface area contributed by atoms with E-state index in [0.29, 0.717) is 28.8 Å². The van der Waals surface area contributed by atoms with Gasteiger partial charge < -0.3 is 0 Å². The number of rotatable bonds is 1. The fourth-order valence-corrected chi connectivity index (χ4v) is 7.89. The molecule has 0 aromatic rings. The first-order valence-electron chi connectivity index (χ1n) is 9.96. The zero-order chi connectivity index (χ0) is 17.3. The van der Waals surface area contributed by atoms with Crippen molar-refractivity contribution in [2.75, 3.05) is 0 Å². The molecule has 0 spiro atoms. The normalized spacial score (nSPS) is 50.6. The van der Waals surface area contributed by atoms with Crippen LogP contribution in [0.1, 0.15) is 79.1 Å². The molecular weight excluding hydrogens is 296 g/mol. The van der Waals surface area contributed by atoms with Crippen LogP contribution in [0.4, 0.5) is 0 Å². The fourth-order valence-electron chi connectivity index (χ4n) is 7.89. The lowest BCUT2D eigenvalue weighted by Gasteiger charge is -2.63. The fraction of sp³-hybridized carbons (Fsp3) is 0.818. The summed E-state index contributed by atoms with van der Waals surface area (Å²) in [6.07, 6.45) is 10.8. The molecule has 4 rings (SSSR count). The lowest BCUT2D eigenvalue weighted by molar-refractivity contribution is -0.138. The van der Waals surface area contributed by atoms with Gasteiger partial charge in [0.2, 0.25) is 0 Å². The van der Waals surface area contributed by atoms with Gasteiger partial charge in [0.05, 0.1) is 0 Å². The number of carbonyl (C=O) groups is 2. The lowest BCUT2D eigenvalue weighted by Crippen LogP contribution is -2.56. The topological polar surface area (TPSA) is 34.1 Å². The molecular formula is C22H32O2. The molecule has 24 heavy (non-hydrogen) atoms. The van der Waals surface area contributed by atoms with Crippen molar-refractivity contribution in [1.29, 1.82) is 0 Å². The van der Waals surface area contributed by atoms with Crippen LogP contribution in [0.5, 0.6) is 0 Å². The summed E-state index contributed by atoms with van der Waals surface area (Å²) in [5.41, 5.74) is 2.20. The van der Waals surface area contributed by atoms with Crippen LogP contribution in [0.3, 0.4) is 0 Å². The number of fused-ring (bicyclic) bond motifs is 5. The number of hydrogen-bond donors (Lipinski definition) is 0. The predicted octanol–water partition coefficient (Wildman–Crippen LogP) is 5.11. The van der Waals surface area contributed by atoms with Crippen LogP contribution in [-0.4, -0.2) is 11.6 Å². The highest BCUT2D eigenvalue weighted by molar-refractivity contribution is 5.91. The molecule has 132 valence electrons. The molecule has 0 bridgehead atoms. The smallest absolute Gasteiger partial charge is 0.155 e. The Morgan fingerprint density at radius 1 is 0.958 bits per heavy atom. The molecule has 2 nitrogen and oxygen atoms in total. The molecule has 0 aromatic carbocycles. The minimum Gasteiger partial charge on any atom is -0.300 e. The van der Waals surface area contributed by atoms with Crippen LogP contribution in [0.2, 0.25) is 0 Å². The molecule has 6 atom stereocenters. The Morgan fingerprint density at radius 2 is 1.71 bits per heavy atom. The van der Waals surface area contributed by atoms with Gasteiger partial charge in [-0.1, -0.05) is 26.3 Å². The van der Waals surface area contributed by atoms with E-state index in [9.17, 15) is 9.59 Å². The summed E-state index contributed by atoms with van der Waals surface area (Å²) in [4.78, 5) is 24.2. The maximum Gasteiger partial charge on any atom is 0.155 e. The minimum absolute atomic E-state index is 0.207. The average molecular weight is 328 g/mol. The van der Waals surface area contributed by atoms with Crippen molar-refractivity contribution in [1.82, 2.24) is 0 Å². The molecule has 4 aliphatic carbocycles. The van der Waals surface area contributed by atoms with Crippen molar-refractivity contribution >= 4 is 11.6 Å². The highest BCUT2D eigenvalue weighted by atomic mass is 16.1. The molecule has 0 heterocycles. The van der Waals surface area contributed by atoms with E-state index in [2.05, 4.69) is 20.8 Å². The third kappa shape index (κ3) is 1.95. The Hall–Kier alpha value is -0.920. The van der Waals surface area contributed by atoms with Gasteiger partial charge in [-0.05, 0) is 86.0 Å². The summed E-state index contributed by atoms with van der Waals surface area (Å²) < 4.78 is 0. The summed E-state index contributed by atoms with van der Waals surface area (Å²) in [5.74, 6) is 2.38. The highest BCUT2D eigenvalue weighted by Crippen LogP contribution is 2.71. The SMILES string of the molecule is CC(=O)C1CCC2C1(C)CCC1C3(C)CCC(=O)C=C3CCC12C. The van der Waals surface area contributed by atoms with E-state index in [0.717, 1.165) is 25.7 Å². The zero-order valence-corrected chi connectivity index (χ0v) is 15.8. The first-order chi connectivity index (χ1) is 11.2. The van der Waals surface area contributed by atoms with E-state index in [1.807, 2.05) is 13.0 Å². The number of carbonyl (C=O) groups excluding carboxylic acids is 2. The van der Waals surface area contributed by atoms with Crippen molar-refractivity contribution in [2.45, 2.75) is 79.1 Å². The van der Waals surface area contributed by atoms with Crippen molar-refractivity contribution in [3.05, 3.63) is 11.6 Å². The maximum absolute atomic E-state index is 12.3. The van der Waals surface area contributed by atoms with Gasteiger partial charge in [0.25, 0.3) is 0 Å². The van der Waals surface area contributed by atoms with E-state index < -0.39 is 0 Å². The molecule has 3 fully saturated rings. The van der Waals surface area contributed by atoms with Crippen molar-refractivity contribution < 1.29 is 9.59 Å². The monoisotopic (exact) mass is 328 g/mol. The zero-order valence-electron chi connectivity index (χ0n) is 15.8. The summed E-state index contributed by atoms with van der Waals surface area (Å²) in [5, 5.41) is 0. The number of Topliss-reactive ketones (excluding diaryl/α,β-unsaturated/α-hetero) is 1. The molecule has 0 radical (unpaired) electrons. The van der Waals surface area contributed by atoms with E-state index >= 15 is 0 Å². The number of allylic oxidation sites excluding steroid dienone is 1. The summed E-state index contributed by atoms with van der Waals surface area (Å²) in [7, 11) is 0. The first kappa shape index (κ1) is 16.5. The van der Waals surface area contributed by atoms with Crippen LogP contribution in [-0.2, 0) is 9.59 Å². The summed E-state index contributed by atoms with van der Waals surface area (Å²) >= 11 is 0. The Bertz CT molecular complexity index is 632. The van der Waals surface area contributed by atoms with E-state index in [1.165, 1.54) is 31.3 Å². The quantitative estimate of drug-likeness (QED) is 0.670. The van der Waals surface area contributed by atoms with E-state index in [4.69, 9.17) is 0 Å². The molecule has 3 saturated carbocycles. The predicted molar refractivity (Wildman–Crippen MR) is 95.5 cm³/mol. The maximum atomic E-state index is 12.3. The van der Waals surface area contributed by atoms with Crippen LogP contribution < -0.4 is 0 Å². The lowest BCUT2D eigenvalue weighted by atomic mass is 9.41. The van der Waals surface area contributed by atoms with Gasteiger partial charge in [-0.15, -0.1) is 0 Å². The van der Waals surface area contributed by atoms with Crippen LogP contribution in [0.15, 0.2) is 11.6 Å². The van der Waals surface area contributed by atoms with Gasteiger partial charge in [-0.2, -0.15) is 0 Å². The van der Waals surface area contributed by atoms with Gasteiger partial charge in [0, 0.05) is 12.3 Å². The average Bonchev–Trinajstić information content (AvgIpc) is 2.87. The molecule has 6 unspecified atom stereocenters. The van der Waals surface area contributed by atoms with Gasteiger partial charge in [-0.3, -0.25) is 9.59 Å². The van der Waals surface area contributed by atoms with Crippen LogP contribution in [0.25, 0.3) is 0 Å². The minimum atomic E-state index is 0.207. The standard InChI is InChI=1S/C22H32O2/c1-14(23)17-5-6-18-21(17,3)12-9-19-20(2)11-8-16(24)13-15(20)7-10-22(18,19)4/h13,17-19H,5-12H2,1-4H3. The molecule has 0 N–H and O–H groups in total. The third-order valence-electron chi connectivity index (χ3n) is 9.05. The van der Waals surface area contributed by atoms with E-state index in [-0.39, 0.29) is 16.7 Å². The van der Waals surface area contributed by atoms with Gasteiger partial charge in [0.15, 0.2) is 5.78 Å². The first-order valence-corrected chi connectivity index (χ1v) is 9.96. The summed E-state index contributed by atoms with van der Waals surface area (Å²) in [6.45, 7) is 9.19. The second-order valence-electron chi connectivity index (χ2n) is 9.95. The Morgan fingerprint density at radius 3 is 2.42 bits per heavy atom. The summed E-state index contributed by atoms with van der Waals surface area (Å²) in [6, 6.07) is 0. The second kappa shape index (κ2) is 5.05. The second-order valence-corrected chi connectivity index (χ2v) is 9.95. The Balaban J connectivity index is 1.74. The molecule has 0 aromatic heterocycles. The van der Waals surface area contributed by atoms with E-state index in [1.54, 1.807) is 0 Å². The van der Waals surface area contributed by atoms with Crippen LogP contribution >= 0.6 is 0 Å². The molecule has 0 saturated heterocycles. The Labute approximate surface area is 146 Å². The molecule has 4 aliphatic rings. The highest BCUT2D eigenvalue weighted by Gasteiger charge is 2.64. The third-order valence-corrected chi connectivity index (χ3v) is 9.05. The van der Waals surface area contributed by atoms with Crippen LogP contribution in [0, 0.1) is 34.0 Å². The molecule has 0 amide bonds. The van der Waals surface area contributed by atoms with Crippen molar-refractivity contribution in [3.8, 4) is 0 Å². The van der Waals surface area contributed by atoms with Gasteiger partial charge in [0.1, 0.15) is 5.78 Å². The number of ketones is 2. The number of hydrogen-bond acceptors (Lipinski definition) is 2.